The molecule has 0 bridgehead atoms. The first-order valence-electron chi connectivity index (χ1n) is 5.55. The predicted molar refractivity (Wildman–Crippen MR) is 67.1 cm³/mol. The molecule has 16 heavy (non-hydrogen) atoms. The summed E-state index contributed by atoms with van der Waals surface area (Å²) in [6, 6.07) is 0. The molecule has 0 amide bonds. The molecule has 1 N–H and O–H groups in total. The maximum Gasteiger partial charge on any atom is 0.365 e. The highest BCUT2D eigenvalue weighted by molar-refractivity contribution is 9.11. The first kappa shape index (κ1) is 12.0. The molecule has 0 aromatic carbocycles. The van der Waals surface area contributed by atoms with E-state index in [0.29, 0.717) is 5.92 Å². The van der Waals surface area contributed by atoms with Crippen LogP contribution < -0.4 is 0 Å². The number of nitrogens with zero attached hydrogens (tertiary/aromatic N) is 1. The fourth-order valence-corrected chi connectivity index (χ4v) is 3.59. The zero-order valence-corrected chi connectivity index (χ0v) is 11.3. The van der Waals surface area contributed by atoms with E-state index in [0.717, 1.165) is 15.9 Å². The van der Waals surface area contributed by atoms with Crippen LogP contribution in [0.15, 0.2) is 3.79 Å². The largest absolute Gasteiger partial charge is 0.476 e. The maximum atomic E-state index is 10.8. The van der Waals surface area contributed by atoms with E-state index < -0.39 is 5.97 Å². The number of rotatable bonds is 3. The van der Waals surface area contributed by atoms with Crippen molar-refractivity contribution in [2.75, 3.05) is 0 Å². The molecule has 1 aromatic heterocycles. The standard InChI is InChI=1S/C11H14BrNO2S/c12-9-8(13-10(16-9)11(14)15)6-7-4-2-1-3-5-7/h7H,1-6H2,(H,14,15). The molecule has 1 aliphatic carbocycles. The molecule has 0 radical (unpaired) electrons. The molecule has 1 fully saturated rings. The normalized spacial score (nSPS) is 17.6. The molecule has 0 unspecified atom stereocenters. The third kappa shape index (κ3) is 2.83. The van der Waals surface area contributed by atoms with Crippen molar-refractivity contribution >= 4 is 33.2 Å². The van der Waals surface area contributed by atoms with E-state index in [2.05, 4.69) is 20.9 Å². The van der Waals surface area contributed by atoms with E-state index in [-0.39, 0.29) is 5.01 Å². The Kier molecular flexibility index (Phi) is 3.97. The van der Waals surface area contributed by atoms with Crippen LogP contribution in [0.2, 0.25) is 0 Å². The van der Waals surface area contributed by atoms with Crippen molar-refractivity contribution in [3.05, 3.63) is 14.5 Å². The minimum Gasteiger partial charge on any atom is -0.476 e. The minimum absolute atomic E-state index is 0.192. The van der Waals surface area contributed by atoms with Gasteiger partial charge in [-0.2, -0.15) is 0 Å². The summed E-state index contributed by atoms with van der Waals surface area (Å²) in [5.41, 5.74) is 0.925. The number of carboxylic acids is 1. The van der Waals surface area contributed by atoms with E-state index in [1.54, 1.807) is 0 Å². The summed E-state index contributed by atoms with van der Waals surface area (Å²) in [4.78, 5) is 15.0. The fourth-order valence-electron chi connectivity index (χ4n) is 2.22. The van der Waals surface area contributed by atoms with Crippen molar-refractivity contribution in [3.63, 3.8) is 0 Å². The first-order chi connectivity index (χ1) is 7.66. The first-order valence-corrected chi connectivity index (χ1v) is 7.16. The van der Waals surface area contributed by atoms with Gasteiger partial charge in [-0.25, -0.2) is 9.78 Å². The van der Waals surface area contributed by atoms with E-state index >= 15 is 0 Å². The third-order valence-corrected chi connectivity index (χ3v) is 4.86. The number of aromatic carboxylic acids is 1. The lowest BCUT2D eigenvalue weighted by molar-refractivity contribution is 0.0696. The number of hydrogen-bond acceptors (Lipinski definition) is 3. The Labute approximate surface area is 107 Å². The Morgan fingerprint density at radius 3 is 2.69 bits per heavy atom. The van der Waals surface area contributed by atoms with Crippen LogP contribution in [0.25, 0.3) is 0 Å². The molecule has 0 aliphatic heterocycles. The van der Waals surface area contributed by atoms with Crippen molar-refractivity contribution in [3.8, 4) is 0 Å². The van der Waals surface area contributed by atoms with Gasteiger partial charge < -0.3 is 5.11 Å². The molecule has 1 saturated carbocycles. The molecule has 2 rings (SSSR count). The van der Waals surface area contributed by atoms with E-state index in [4.69, 9.17) is 5.11 Å². The average Bonchev–Trinajstić information content (AvgIpc) is 2.62. The van der Waals surface area contributed by atoms with Gasteiger partial charge in [0.1, 0.15) is 0 Å². The summed E-state index contributed by atoms with van der Waals surface area (Å²) in [6.45, 7) is 0. The Morgan fingerprint density at radius 1 is 1.44 bits per heavy atom. The molecule has 0 atom stereocenters. The Morgan fingerprint density at radius 2 is 2.12 bits per heavy atom. The summed E-state index contributed by atoms with van der Waals surface area (Å²) in [7, 11) is 0. The number of carboxylic acid groups (broad SMARTS) is 1. The van der Waals surface area contributed by atoms with Gasteiger partial charge in [-0.05, 0) is 28.3 Å². The second-order valence-corrected chi connectivity index (χ2v) is 6.57. The molecule has 1 aliphatic rings. The van der Waals surface area contributed by atoms with Crippen molar-refractivity contribution in [1.82, 2.24) is 4.98 Å². The summed E-state index contributed by atoms with van der Waals surface area (Å²) in [5.74, 6) is -0.241. The van der Waals surface area contributed by atoms with Crippen LogP contribution in [0.1, 0.15) is 47.6 Å². The van der Waals surface area contributed by atoms with Gasteiger partial charge in [0, 0.05) is 0 Å². The van der Waals surface area contributed by atoms with Crippen molar-refractivity contribution < 1.29 is 9.90 Å². The molecule has 0 saturated heterocycles. The highest BCUT2D eigenvalue weighted by Crippen LogP contribution is 2.31. The van der Waals surface area contributed by atoms with Gasteiger partial charge in [0.25, 0.3) is 0 Å². The molecule has 3 nitrogen and oxygen atoms in total. The molecular weight excluding hydrogens is 290 g/mol. The minimum atomic E-state index is -0.930. The number of hydrogen-bond donors (Lipinski definition) is 1. The number of aromatic nitrogens is 1. The summed E-state index contributed by atoms with van der Waals surface area (Å²) >= 11 is 4.62. The van der Waals surface area contributed by atoms with Gasteiger partial charge in [-0.3, -0.25) is 0 Å². The van der Waals surface area contributed by atoms with Crippen LogP contribution in [0.5, 0.6) is 0 Å². The molecule has 1 heterocycles. The number of carbonyl (C=O) groups is 1. The van der Waals surface area contributed by atoms with E-state index in [9.17, 15) is 4.79 Å². The molecule has 5 heteroatoms. The van der Waals surface area contributed by atoms with Crippen molar-refractivity contribution in [2.24, 2.45) is 5.92 Å². The average molecular weight is 304 g/mol. The molecule has 88 valence electrons. The van der Waals surface area contributed by atoms with E-state index in [1.165, 1.54) is 43.4 Å². The van der Waals surface area contributed by atoms with Crippen LogP contribution >= 0.6 is 27.3 Å². The van der Waals surface area contributed by atoms with Gasteiger partial charge >= 0.3 is 5.97 Å². The van der Waals surface area contributed by atoms with Crippen LogP contribution in [0.3, 0.4) is 0 Å². The maximum absolute atomic E-state index is 10.8. The number of thiazole rings is 1. The highest BCUT2D eigenvalue weighted by atomic mass is 79.9. The lowest BCUT2D eigenvalue weighted by Gasteiger charge is -2.20. The van der Waals surface area contributed by atoms with Crippen LogP contribution in [-0.4, -0.2) is 16.1 Å². The lowest BCUT2D eigenvalue weighted by atomic mass is 9.86. The van der Waals surface area contributed by atoms with Crippen LogP contribution in [0.4, 0.5) is 0 Å². The molecule has 0 spiro atoms. The quantitative estimate of drug-likeness (QED) is 0.925. The van der Waals surface area contributed by atoms with Gasteiger partial charge in [-0.15, -0.1) is 0 Å². The van der Waals surface area contributed by atoms with Crippen LogP contribution in [-0.2, 0) is 6.42 Å². The second kappa shape index (κ2) is 5.27. The summed E-state index contributed by atoms with van der Waals surface area (Å²) in [5, 5.41) is 9.05. The Hall–Kier alpha value is -0.420. The zero-order chi connectivity index (χ0) is 11.5. The third-order valence-electron chi connectivity index (χ3n) is 3.04. The smallest absolute Gasteiger partial charge is 0.365 e. The van der Waals surface area contributed by atoms with Crippen molar-refractivity contribution in [1.29, 1.82) is 0 Å². The highest BCUT2D eigenvalue weighted by Gasteiger charge is 2.19. The molecular formula is C11H14BrNO2S. The SMILES string of the molecule is O=C(O)c1nc(CC2CCCCC2)c(Br)s1. The Bertz CT molecular complexity index is 385. The molecule has 1 aromatic rings. The van der Waals surface area contributed by atoms with Crippen molar-refractivity contribution in [2.45, 2.75) is 38.5 Å². The predicted octanol–water partition coefficient (Wildman–Crippen LogP) is 3.73. The second-order valence-electron chi connectivity index (χ2n) is 4.25. The van der Waals surface area contributed by atoms with Crippen LogP contribution in [0, 0.1) is 5.92 Å². The Balaban J connectivity index is 2.05. The fraction of sp³-hybridized carbons (Fsp3) is 0.636. The topological polar surface area (TPSA) is 50.2 Å². The van der Waals surface area contributed by atoms with Gasteiger partial charge in [-0.1, -0.05) is 43.4 Å². The zero-order valence-electron chi connectivity index (χ0n) is 8.91. The van der Waals surface area contributed by atoms with Gasteiger partial charge in [0.15, 0.2) is 0 Å². The van der Waals surface area contributed by atoms with Gasteiger partial charge in [0.05, 0.1) is 9.48 Å². The summed E-state index contributed by atoms with van der Waals surface area (Å²) < 4.78 is 0.885. The monoisotopic (exact) mass is 303 g/mol. The lowest BCUT2D eigenvalue weighted by Crippen LogP contribution is -2.10. The van der Waals surface area contributed by atoms with E-state index in [1.807, 2.05) is 0 Å². The number of halogens is 1. The van der Waals surface area contributed by atoms with Gasteiger partial charge in [0.2, 0.25) is 5.01 Å². The summed E-state index contributed by atoms with van der Waals surface area (Å²) in [6.07, 6.45) is 7.38.